The number of rotatable bonds is 8. The molecule has 1 aliphatic heterocycles. The highest BCUT2D eigenvalue weighted by atomic mass is 16.5. The minimum absolute atomic E-state index is 0.101. The van der Waals surface area contributed by atoms with Crippen LogP contribution in [0.25, 0.3) is 0 Å². The van der Waals surface area contributed by atoms with E-state index in [1.165, 1.54) is 0 Å². The molecule has 0 aliphatic carbocycles. The third-order valence-electron chi connectivity index (χ3n) is 4.01. The van der Waals surface area contributed by atoms with E-state index in [1.807, 2.05) is 6.92 Å². The third-order valence-corrected chi connectivity index (χ3v) is 4.01. The van der Waals surface area contributed by atoms with Crippen molar-refractivity contribution in [3.05, 3.63) is 0 Å². The summed E-state index contributed by atoms with van der Waals surface area (Å²) in [5, 5.41) is 3.30. The van der Waals surface area contributed by atoms with Gasteiger partial charge in [0.2, 0.25) is 0 Å². The zero-order valence-corrected chi connectivity index (χ0v) is 12.9. The molecular formula is C15H30N2O2. The molecule has 1 heterocycles. The molecule has 112 valence electrons. The lowest BCUT2D eigenvalue weighted by molar-refractivity contribution is -0.145. The van der Waals surface area contributed by atoms with Crippen LogP contribution in [0.3, 0.4) is 0 Å². The Kier molecular flexibility index (Phi) is 7.39. The van der Waals surface area contributed by atoms with Crippen molar-refractivity contribution in [2.45, 2.75) is 46.6 Å². The molecule has 1 aliphatic rings. The third kappa shape index (κ3) is 5.49. The maximum absolute atomic E-state index is 11.9. The maximum atomic E-state index is 11.9. The van der Waals surface area contributed by atoms with Crippen LogP contribution in [0.1, 0.15) is 40.5 Å². The Bertz CT molecular complexity index is 261. The zero-order chi connectivity index (χ0) is 14.3. The van der Waals surface area contributed by atoms with Gasteiger partial charge in [-0.2, -0.15) is 0 Å². The molecular weight excluding hydrogens is 240 g/mol. The Hall–Kier alpha value is -0.610. The molecule has 1 saturated heterocycles. The van der Waals surface area contributed by atoms with Crippen molar-refractivity contribution in [3.63, 3.8) is 0 Å². The second-order valence-electron chi connectivity index (χ2n) is 5.76. The van der Waals surface area contributed by atoms with Crippen LogP contribution in [0, 0.1) is 11.8 Å². The van der Waals surface area contributed by atoms with Crippen molar-refractivity contribution < 1.29 is 9.53 Å². The van der Waals surface area contributed by atoms with Crippen molar-refractivity contribution in [2.24, 2.45) is 11.8 Å². The SMILES string of the molecule is CCCNC(CCN1CC(C)C(C)C1)C(=O)OCC. The second-order valence-corrected chi connectivity index (χ2v) is 5.76. The van der Waals surface area contributed by atoms with E-state index < -0.39 is 0 Å². The van der Waals surface area contributed by atoms with Crippen LogP contribution in [0.15, 0.2) is 0 Å². The molecule has 4 nitrogen and oxygen atoms in total. The fraction of sp³-hybridized carbons (Fsp3) is 0.933. The Labute approximate surface area is 117 Å². The molecule has 0 saturated carbocycles. The number of nitrogens with zero attached hydrogens (tertiary/aromatic N) is 1. The fourth-order valence-corrected chi connectivity index (χ4v) is 2.61. The van der Waals surface area contributed by atoms with Crippen LogP contribution >= 0.6 is 0 Å². The van der Waals surface area contributed by atoms with Gasteiger partial charge in [0.25, 0.3) is 0 Å². The first kappa shape index (κ1) is 16.4. The van der Waals surface area contributed by atoms with Gasteiger partial charge in [-0.1, -0.05) is 20.8 Å². The molecule has 1 rings (SSSR count). The summed E-state index contributed by atoms with van der Waals surface area (Å²) < 4.78 is 5.14. The first-order valence-corrected chi connectivity index (χ1v) is 7.70. The van der Waals surface area contributed by atoms with E-state index in [9.17, 15) is 4.79 Å². The molecule has 3 atom stereocenters. The van der Waals surface area contributed by atoms with E-state index in [4.69, 9.17) is 4.74 Å². The van der Waals surface area contributed by atoms with Crippen molar-refractivity contribution in [1.29, 1.82) is 0 Å². The lowest BCUT2D eigenvalue weighted by Crippen LogP contribution is -2.41. The van der Waals surface area contributed by atoms with Crippen LogP contribution in [-0.2, 0) is 9.53 Å². The summed E-state index contributed by atoms with van der Waals surface area (Å²) in [4.78, 5) is 14.3. The minimum atomic E-state index is -0.147. The molecule has 4 heteroatoms. The normalized spacial score (nSPS) is 25.5. The smallest absolute Gasteiger partial charge is 0.323 e. The summed E-state index contributed by atoms with van der Waals surface area (Å²) in [6, 6.07) is -0.147. The van der Waals surface area contributed by atoms with Gasteiger partial charge in [-0.25, -0.2) is 0 Å². The van der Waals surface area contributed by atoms with Crippen LogP contribution in [-0.4, -0.2) is 49.7 Å². The monoisotopic (exact) mass is 270 g/mol. The van der Waals surface area contributed by atoms with Gasteiger partial charge >= 0.3 is 5.97 Å². The van der Waals surface area contributed by atoms with Crippen molar-refractivity contribution in [2.75, 3.05) is 32.8 Å². The number of hydrogen-bond donors (Lipinski definition) is 1. The van der Waals surface area contributed by atoms with Crippen molar-refractivity contribution >= 4 is 5.97 Å². The average Bonchev–Trinajstić information content (AvgIpc) is 2.69. The topological polar surface area (TPSA) is 41.6 Å². The molecule has 0 radical (unpaired) electrons. The number of carbonyl (C=O) groups is 1. The van der Waals surface area contributed by atoms with Gasteiger partial charge < -0.3 is 15.0 Å². The van der Waals surface area contributed by atoms with E-state index in [0.29, 0.717) is 6.61 Å². The van der Waals surface area contributed by atoms with Gasteiger partial charge in [0, 0.05) is 19.6 Å². The highest BCUT2D eigenvalue weighted by Gasteiger charge is 2.27. The Morgan fingerprint density at radius 2 is 1.95 bits per heavy atom. The van der Waals surface area contributed by atoms with Crippen molar-refractivity contribution in [1.82, 2.24) is 10.2 Å². The van der Waals surface area contributed by atoms with E-state index >= 15 is 0 Å². The number of ether oxygens (including phenoxy) is 1. The van der Waals surface area contributed by atoms with E-state index in [2.05, 4.69) is 31.0 Å². The Balaban J connectivity index is 2.37. The predicted octanol–water partition coefficient (Wildman–Crippen LogP) is 1.90. The van der Waals surface area contributed by atoms with Gasteiger partial charge in [-0.15, -0.1) is 0 Å². The molecule has 0 aromatic heterocycles. The number of carbonyl (C=O) groups excluding carboxylic acids is 1. The van der Waals surface area contributed by atoms with Crippen LogP contribution in [0.2, 0.25) is 0 Å². The second kappa shape index (κ2) is 8.54. The predicted molar refractivity (Wildman–Crippen MR) is 78.1 cm³/mol. The highest BCUT2D eigenvalue weighted by Crippen LogP contribution is 2.22. The first-order chi connectivity index (χ1) is 9.08. The number of esters is 1. The first-order valence-electron chi connectivity index (χ1n) is 7.70. The number of nitrogens with one attached hydrogen (secondary N) is 1. The lowest BCUT2D eigenvalue weighted by Gasteiger charge is -2.21. The van der Waals surface area contributed by atoms with E-state index in [1.54, 1.807) is 0 Å². The van der Waals surface area contributed by atoms with E-state index in [0.717, 1.165) is 50.9 Å². The Morgan fingerprint density at radius 3 is 2.47 bits per heavy atom. The number of likely N-dealkylation sites (tertiary alicyclic amines) is 1. The Morgan fingerprint density at radius 1 is 1.32 bits per heavy atom. The van der Waals surface area contributed by atoms with Gasteiger partial charge in [0.15, 0.2) is 0 Å². The molecule has 1 fully saturated rings. The van der Waals surface area contributed by atoms with Gasteiger partial charge in [0.1, 0.15) is 6.04 Å². The fourth-order valence-electron chi connectivity index (χ4n) is 2.61. The number of hydrogen-bond acceptors (Lipinski definition) is 4. The average molecular weight is 270 g/mol. The molecule has 1 N–H and O–H groups in total. The van der Waals surface area contributed by atoms with Gasteiger partial charge in [0.05, 0.1) is 6.61 Å². The van der Waals surface area contributed by atoms with Gasteiger partial charge in [-0.3, -0.25) is 4.79 Å². The maximum Gasteiger partial charge on any atom is 0.323 e. The summed E-state index contributed by atoms with van der Waals surface area (Å²) in [5.74, 6) is 1.44. The standard InChI is InChI=1S/C15H30N2O2/c1-5-8-16-14(15(18)19-6-2)7-9-17-10-12(3)13(4)11-17/h12-14,16H,5-11H2,1-4H3. The molecule has 0 amide bonds. The van der Waals surface area contributed by atoms with E-state index in [-0.39, 0.29) is 12.0 Å². The minimum Gasteiger partial charge on any atom is -0.465 e. The van der Waals surface area contributed by atoms with Crippen LogP contribution < -0.4 is 5.32 Å². The highest BCUT2D eigenvalue weighted by molar-refractivity contribution is 5.75. The molecule has 0 bridgehead atoms. The largest absolute Gasteiger partial charge is 0.465 e. The zero-order valence-electron chi connectivity index (χ0n) is 12.9. The van der Waals surface area contributed by atoms with Crippen LogP contribution in [0.4, 0.5) is 0 Å². The summed E-state index contributed by atoms with van der Waals surface area (Å²) in [5.41, 5.74) is 0. The molecule has 0 aromatic carbocycles. The van der Waals surface area contributed by atoms with Gasteiger partial charge in [-0.05, 0) is 38.1 Å². The summed E-state index contributed by atoms with van der Waals surface area (Å²) in [7, 11) is 0. The molecule has 3 unspecified atom stereocenters. The molecule has 0 aromatic rings. The summed E-state index contributed by atoms with van der Waals surface area (Å²) in [6.45, 7) is 13.2. The lowest BCUT2D eigenvalue weighted by atomic mass is 10.0. The summed E-state index contributed by atoms with van der Waals surface area (Å²) in [6.07, 6.45) is 1.88. The molecule has 19 heavy (non-hydrogen) atoms. The quantitative estimate of drug-likeness (QED) is 0.684. The van der Waals surface area contributed by atoms with Crippen molar-refractivity contribution in [3.8, 4) is 0 Å². The van der Waals surface area contributed by atoms with Crippen LogP contribution in [0.5, 0.6) is 0 Å². The molecule has 0 spiro atoms. The summed E-state index contributed by atoms with van der Waals surface area (Å²) >= 11 is 0.